The van der Waals surface area contributed by atoms with Crippen LogP contribution in [-0.2, 0) is 6.54 Å². The normalized spacial score (nSPS) is 25.1. The smallest absolute Gasteiger partial charge is 0.129 e. The Morgan fingerprint density at radius 1 is 1.41 bits per heavy atom. The lowest BCUT2D eigenvalue weighted by Crippen LogP contribution is -2.42. The van der Waals surface area contributed by atoms with Crippen LogP contribution in [0.1, 0.15) is 32.3 Å². The molecule has 0 amide bonds. The van der Waals surface area contributed by atoms with Gasteiger partial charge in [-0.3, -0.25) is 0 Å². The Labute approximate surface area is 103 Å². The average Bonchev–Trinajstić information content (AvgIpc) is 2.32. The molecule has 94 valence electrons. The van der Waals surface area contributed by atoms with E-state index in [9.17, 15) is 4.39 Å². The van der Waals surface area contributed by atoms with Crippen LogP contribution in [-0.4, -0.2) is 12.6 Å². The van der Waals surface area contributed by atoms with Crippen LogP contribution in [0.25, 0.3) is 0 Å². The Balaban J connectivity index is 2.24. The lowest BCUT2D eigenvalue weighted by molar-refractivity contribution is 0.363. The van der Waals surface area contributed by atoms with Crippen molar-refractivity contribution in [2.75, 3.05) is 11.4 Å². The second-order valence-corrected chi connectivity index (χ2v) is 5.03. The molecule has 0 bridgehead atoms. The summed E-state index contributed by atoms with van der Waals surface area (Å²) in [6.07, 6.45) is 2.45. The van der Waals surface area contributed by atoms with Gasteiger partial charge in [-0.1, -0.05) is 13.0 Å². The van der Waals surface area contributed by atoms with E-state index in [1.165, 1.54) is 12.8 Å². The van der Waals surface area contributed by atoms with E-state index >= 15 is 0 Å². The molecule has 2 unspecified atom stereocenters. The molecule has 0 spiro atoms. The highest BCUT2D eigenvalue weighted by atomic mass is 19.1. The lowest BCUT2D eigenvalue weighted by Gasteiger charge is -2.39. The maximum atomic E-state index is 13.7. The molecule has 0 radical (unpaired) electrons. The Kier molecular flexibility index (Phi) is 3.67. The minimum absolute atomic E-state index is 0.185. The van der Waals surface area contributed by atoms with E-state index in [4.69, 9.17) is 5.73 Å². The first kappa shape index (κ1) is 12.4. The minimum atomic E-state index is -0.185. The van der Waals surface area contributed by atoms with Crippen molar-refractivity contribution in [1.82, 2.24) is 0 Å². The number of piperidine rings is 1. The molecular weight excluding hydrogens is 215 g/mol. The molecule has 1 saturated heterocycles. The third kappa shape index (κ3) is 2.44. The van der Waals surface area contributed by atoms with Gasteiger partial charge in [-0.2, -0.15) is 0 Å². The monoisotopic (exact) mass is 236 g/mol. The predicted molar refractivity (Wildman–Crippen MR) is 69.5 cm³/mol. The maximum absolute atomic E-state index is 13.7. The van der Waals surface area contributed by atoms with Gasteiger partial charge in [-0.25, -0.2) is 4.39 Å². The van der Waals surface area contributed by atoms with E-state index in [1.54, 1.807) is 12.1 Å². The zero-order valence-corrected chi connectivity index (χ0v) is 10.6. The molecule has 1 aromatic rings. The van der Waals surface area contributed by atoms with E-state index in [0.717, 1.165) is 12.2 Å². The van der Waals surface area contributed by atoms with Gasteiger partial charge < -0.3 is 10.6 Å². The van der Waals surface area contributed by atoms with Crippen molar-refractivity contribution in [2.45, 2.75) is 39.3 Å². The molecule has 0 aromatic heterocycles. The zero-order valence-electron chi connectivity index (χ0n) is 10.6. The second-order valence-electron chi connectivity index (χ2n) is 5.03. The second kappa shape index (κ2) is 5.05. The molecule has 3 heteroatoms. The van der Waals surface area contributed by atoms with E-state index in [2.05, 4.69) is 18.7 Å². The molecule has 1 aliphatic heterocycles. The van der Waals surface area contributed by atoms with Crippen LogP contribution >= 0.6 is 0 Å². The van der Waals surface area contributed by atoms with Crippen molar-refractivity contribution in [1.29, 1.82) is 0 Å². The standard InChI is InChI=1S/C14H21FN2/c1-10-4-3-7-17(11(10)2)13-6-5-12(9-16)14(15)8-13/h5-6,8,10-11H,3-4,7,9,16H2,1-2H3. The topological polar surface area (TPSA) is 29.3 Å². The van der Waals surface area contributed by atoms with Crippen molar-refractivity contribution in [2.24, 2.45) is 11.7 Å². The van der Waals surface area contributed by atoms with Crippen LogP contribution in [0.3, 0.4) is 0 Å². The number of anilines is 1. The quantitative estimate of drug-likeness (QED) is 0.855. The summed E-state index contributed by atoms with van der Waals surface area (Å²) in [5.74, 6) is 0.483. The summed E-state index contributed by atoms with van der Waals surface area (Å²) in [5.41, 5.74) is 7.05. The summed E-state index contributed by atoms with van der Waals surface area (Å²) >= 11 is 0. The van der Waals surface area contributed by atoms with E-state index < -0.39 is 0 Å². The molecule has 1 heterocycles. The first-order valence-electron chi connectivity index (χ1n) is 6.38. The number of hydrogen-bond acceptors (Lipinski definition) is 2. The molecule has 2 nitrogen and oxygen atoms in total. The van der Waals surface area contributed by atoms with Gasteiger partial charge in [0.25, 0.3) is 0 Å². The molecule has 0 saturated carbocycles. The van der Waals surface area contributed by atoms with Crippen molar-refractivity contribution in [3.63, 3.8) is 0 Å². The summed E-state index contributed by atoms with van der Waals surface area (Å²) in [4.78, 5) is 2.30. The van der Waals surface area contributed by atoms with Crippen LogP contribution < -0.4 is 10.6 Å². The van der Waals surface area contributed by atoms with Crippen LogP contribution in [0.5, 0.6) is 0 Å². The molecule has 2 N–H and O–H groups in total. The van der Waals surface area contributed by atoms with Gasteiger partial charge in [0.1, 0.15) is 5.82 Å². The highest BCUT2D eigenvalue weighted by molar-refractivity contribution is 5.49. The molecule has 17 heavy (non-hydrogen) atoms. The largest absolute Gasteiger partial charge is 0.368 e. The highest BCUT2D eigenvalue weighted by Gasteiger charge is 2.25. The third-order valence-corrected chi connectivity index (χ3v) is 3.96. The fourth-order valence-electron chi connectivity index (χ4n) is 2.58. The third-order valence-electron chi connectivity index (χ3n) is 3.96. The molecule has 2 rings (SSSR count). The van der Waals surface area contributed by atoms with E-state index in [-0.39, 0.29) is 12.4 Å². The Morgan fingerprint density at radius 3 is 2.82 bits per heavy atom. The number of rotatable bonds is 2. The number of nitrogens with zero attached hydrogens (tertiary/aromatic N) is 1. The predicted octanol–water partition coefficient (Wildman–Crippen LogP) is 2.91. The Morgan fingerprint density at radius 2 is 2.18 bits per heavy atom. The number of halogens is 1. The zero-order chi connectivity index (χ0) is 12.4. The molecule has 1 aliphatic rings. The van der Waals surface area contributed by atoms with E-state index in [0.29, 0.717) is 17.5 Å². The average molecular weight is 236 g/mol. The summed E-state index contributed by atoms with van der Waals surface area (Å²) in [6, 6.07) is 5.89. The van der Waals surface area contributed by atoms with Gasteiger partial charge in [0.05, 0.1) is 0 Å². The minimum Gasteiger partial charge on any atom is -0.368 e. The molecule has 1 fully saturated rings. The highest BCUT2D eigenvalue weighted by Crippen LogP contribution is 2.29. The first-order valence-corrected chi connectivity index (χ1v) is 6.38. The first-order chi connectivity index (χ1) is 8.13. The number of benzene rings is 1. The van der Waals surface area contributed by atoms with Crippen LogP contribution in [0.2, 0.25) is 0 Å². The van der Waals surface area contributed by atoms with Gasteiger partial charge in [-0.15, -0.1) is 0 Å². The molecular formula is C14H21FN2. The summed E-state index contributed by atoms with van der Waals surface area (Å²) in [5, 5.41) is 0. The molecule has 1 aromatic carbocycles. The SMILES string of the molecule is CC1CCCN(c2ccc(CN)c(F)c2)C1C. The number of hydrogen-bond donors (Lipinski definition) is 1. The summed E-state index contributed by atoms with van der Waals surface area (Å²) in [6.45, 7) is 5.77. The maximum Gasteiger partial charge on any atom is 0.129 e. The number of nitrogens with two attached hydrogens (primary N) is 1. The summed E-state index contributed by atoms with van der Waals surface area (Å²) < 4.78 is 13.7. The van der Waals surface area contributed by atoms with Gasteiger partial charge >= 0.3 is 0 Å². The fraction of sp³-hybridized carbons (Fsp3) is 0.571. The van der Waals surface area contributed by atoms with E-state index in [1.807, 2.05) is 6.07 Å². The van der Waals surface area contributed by atoms with Crippen LogP contribution in [0.4, 0.5) is 10.1 Å². The fourth-order valence-corrected chi connectivity index (χ4v) is 2.58. The molecule has 2 atom stereocenters. The summed E-state index contributed by atoms with van der Waals surface area (Å²) in [7, 11) is 0. The van der Waals surface area contributed by atoms with Crippen LogP contribution in [0.15, 0.2) is 18.2 Å². The molecule has 0 aliphatic carbocycles. The van der Waals surface area contributed by atoms with Gasteiger partial charge in [0.2, 0.25) is 0 Å². The van der Waals surface area contributed by atoms with Crippen molar-refractivity contribution >= 4 is 5.69 Å². The van der Waals surface area contributed by atoms with Crippen molar-refractivity contribution in [3.05, 3.63) is 29.6 Å². The van der Waals surface area contributed by atoms with Crippen molar-refractivity contribution in [3.8, 4) is 0 Å². The lowest BCUT2D eigenvalue weighted by atomic mass is 9.91. The van der Waals surface area contributed by atoms with Crippen molar-refractivity contribution < 1.29 is 4.39 Å². The van der Waals surface area contributed by atoms with Crippen LogP contribution in [0, 0.1) is 11.7 Å². The Bertz CT molecular complexity index is 392. The van der Waals surface area contributed by atoms with Gasteiger partial charge in [0.15, 0.2) is 0 Å². The van der Waals surface area contributed by atoms with Gasteiger partial charge in [-0.05, 0) is 37.8 Å². The van der Waals surface area contributed by atoms with Gasteiger partial charge in [0, 0.05) is 30.4 Å². The Hall–Kier alpha value is -1.09.